The Morgan fingerprint density at radius 2 is 1.67 bits per heavy atom. The minimum atomic E-state index is -1.42. The quantitative estimate of drug-likeness (QED) is 0.524. The van der Waals surface area contributed by atoms with E-state index in [1.807, 2.05) is 50.2 Å². The van der Waals surface area contributed by atoms with E-state index in [0.29, 0.717) is 17.1 Å². The zero-order chi connectivity index (χ0) is 25.8. The van der Waals surface area contributed by atoms with Crippen LogP contribution < -0.4 is 9.47 Å². The lowest BCUT2D eigenvalue weighted by Crippen LogP contribution is -2.61. The van der Waals surface area contributed by atoms with Crippen molar-refractivity contribution in [2.45, 2.75) is 38.2 Å². The summed E-state index contributed by atoms with van der Waals surface area (Å²) in [5.74, 6) is 0.208. The molecule has 4 rings (SSSR count). The molecule has 0 saturated carbocycles. The maximum atomic E-state index is 13.8. The zero-order valence-corrected chi connectivity index (χ0v) is 20.7. The third-order valence-electron chi connectivity index (χ3n) is 6.32. The van der Waals surface area contributed by atoms with Crippen LogP contribution >= 0.6 is 0 Å². The summed E-state index contributed by atoms with van der Waals surface area (Å²) < 4.78 is 16.9. The SMILES string of the molecule is COc1ccc(O[C@H](C(=O)N2C(=O)O[C@H](c3ccccc3)[C@H](C)N2C)[C@H](O)c2cccc(C)c2)cc1. The van der Waals surface area contributed by atoms with Crippen LogP contribution in [0.5, 0.6) is 11.5 Å². The number of imide groups is 1. The number of aryl methyl sites for hydroxylation is 1. The summed E-state index contributed by atoms with van der Waals surface area (Å²) in [5.41, 5.74) is 2.23. The van der Waals surface area contributed by atoms with Crippen molar-refractivity contribution >= 4 is 12.0 Å². The maximum absolute atomic E-state index is 13.8. The summed E-state index contributed by atoms with van der Waals surface area (Å²) in [6, 6.07) is 22.8. The predicted molar refractivity (Wildman–Crippen MR) is 133 cm³/mol. The second kappa shape index (κ2) is 10.8. The van der Waals surface area contributed by atoms with Crippen LogP contribution in [-0.4, -0.2) is 53.4 Å². The van der Waals surface area contributed by atoms with E-state index in [1.54, 1.807) is 56.6 Å². The number of hydrogen-bond donors (Lipinski definition) is 1. The average molecular weight is 491 g/mol. The highest BCUT2D eigenvalue weighted by Crippen LogP contribution is 2.33. The van der Waals surface area contributed by atoms with Crippen LogP contribution in [0, 0.1) is 6.92 Å². The number of hydrogen-bond acceptors (Lipinski definition) is 7. The second-order valence-corrected chi connectivity index (χ2v) is 8.75. The summed E-state index contributed by atoms with van der Waals surface area (Å²) in [7, 11) is 3.19. The molecule has 3 aromatic carbocycles. The molecule has 0 bridgehead atoms. The van der Waals surface area contributed by atoms with Crippen LogP contribution in [0.2, 0.25) is 0 Å². The highest BCUT2D eigenvalue weighted by atomic mass is 16.6. The number of carbonyl (C=O) groups is 2. The fourth-order valence-corrected chi connectivity index (χ4v) is 4.20. The first-order valence-corrected chi connectivity index (χ1v) is 11.7. The zero-order valence-electron chi connectivity index (χ0n) is 20.7. The molecule has 1 heterocycles. The number of cyclic esters (lactones) is 1. The van der Waals surface area contributed by atoms with Gasteiger partial charge in [0.25, 0.3) is 5.91 Å². The molecule has 0 aliphatic carbocycles. The van der Waals surface area contributed by atoms with Crippen LogP contribution in [0.25, 0.3) is 0 Å². The van der Waals surface area contributed by atoms with Crippen LogP contribution in [0.15, 0.2) is 78.9 Å². The molecule has 0 spiro atoms. The van der Waals surface area contributed by atoms with Gasteiger partial charge in [0.05, 0.1) is 13.2 Å². The molecule has 1 aliphatic heterocycles. The van der Waals surface area contributed by atoms with Gasteiger partial charge in [-0.25, -0.2) is 9.80 Å². The molecule has 1 aliphatic rings. The number of benzene rings is 3. The standard InChI is InChI=1S/C28H30N2O6/c1-18-9-8-12-21(17-18)24(31)26(35-23-15-13-22(34-4)14-16-23)27(32)30-28(33)36-25(19(2)29(30)3)20-10-6-5-7-11-20/h5-17,19,24-26,31H,1-4H3/t19-,24+,25-,26-/m0/s1. The first-order valence-electron chi connectivity index (χ1n) is 11.7. The van der Waals surface area contributed by atoms with E-state index in [-0.39, 0.29) is 6.04 Å². The first kappa shape index (κ1) is 25.2. The molecule has 1 N–H and O–H groups in total. The Kier molecular flexibility index (Phi) is 7.57. The highest BCUT2D eigenvalue weighted by Gasteiger charge is 2.46. The normalized spacial score (nSPS) is 19.8. The van der Waals surface area contributed by atoms with Gasteiger partial charge >= 0.3 is 6.09 Å². The fourth-order valence-electron chi connectivity index (χ4n) is 4.20. The number of nitrogens with zero attached hydrogens (tertiary/aromatic N) is 2. The average Bonchev–Trinajstić information content (AvgIpc) is 2.89. The van der Waals surface area contributed by atoms with Gasteiger partial charge in [0.2, 0.25) is 6.10 Å². The number of amides is 2. The van der Waals surface area contributed by atoms with Gasteiger partial charge in [0.15, 0.2) is 0 Å². The second-order valence-electron chi connectivity index (χ2n) is 8.75. The number of rotatable bonds is 7. The molecule has 4 atom stereocenters. The maximum Gasteiger partial charge on any atom is 0.432 e. The van der Waals surface area contributed by atoms with Crippen molar-refractivity contribution in [1.82, 2.24) is 10.0 Å². The Bertz CT molecular complexity index is 1200. The summed E-state index contributed by atoms with van der Waals surface area (Å²) in [4.78, 5) is 26.9. The third-order valence-corrected chi connectivity index (χ3v) is 6.32. The van der Waals surface area contributed by atoms with Crippen molar-refractivity contribution < 1.29 is 28.9 Å². The van der Waals surface area contributed by atoms with Crippen molar-refractivity contribution in [2.75, 3.05) is 14.2 Å². The van der Waals surface area contributed by atoms with E-state index < -0.39 is 30.3 Å². The van der Waals surface area contributed by atoms with Gasteiger partial charge in [0.1, 0.15) is 23.7 Å². The van der Waals surface area contributed by atoms with E-state index in [1.165, 1.54) is 5.01 Å². The highest BCUT2D eigenvalue weighted by molar-refractivity contribution is 5.95. The Balaban J connectivity index is 1.64. The Morgan fingerprint density at radius 1 is 1.00 bits per heavy atom. The van der Waals surface area contributed by atoms with Crippen molar-refractivity contribution in [3.8, 4) is 11.5 Å². The number of aliphatic hydroxyl groups excluding tert-OH is 1. The van der Waals surface area contributed by atoms with Crippen molar-refractivity contribution in [3.63, 3.8) is 0 Å². The molecule has 8 heteroatoms. The fraction of sp³-hybridized carbons (Fsp3) is 0.286. The summed E-state index contributed by atoms with van der Waals surface area (Å²) >= 11 is 0. The van der Waals surface area contributed by atoms with Gasteiger partial charge in [-0.15, -0.1) is 0 Å². The van der Waals surface area contributed by atoms with Crippen LogP contribution in [0.4, 0.5) is 4.79 Å². The first-order chi connectivity index (χ1) is 17.3. The van der Waals surface area contributed by atoms with E-state index in [0.717, 1.165) is 16.1 Å². The Labute approximate surface area is 210 Å². The van der Waals surface area contributed by atoms with Gasteiger partial charge in [-0.1, -0.05) is 60.2 Å². The van der Waals surface area contributed by atoms with Gasteiger partial charge < -0.3 is 19.3 Å². The molecule has 188 valence electrons. The molecule has 8 nitrogen and oxygen atoms in total. The number of methoxy groups -OCH3 is 1. The smallest absolute Gasteiger partial charge is 0.432 e. The van der Waals surface area contributed by atoms with Gasteiger partial charge in [-0.2, -0.15) is 5.01 Å². The molecular weight excluding hydrogens is 460 g/mol. The predicted octanol–water partition coefficient (Wildman–Crippen LogP) is 4.44. The summed E-state index contributed by atoms with van der Waals surface area (Å²) in [6.07, 6.45) is -4.16. The van der Waals surface area contributed by atoms with Crippen LogP contribution in [0.3, 0.4) is 0 Å². The van der Waals surface area contributed by atoms with Crippen molar-refractivity contribution in [2.24, 2.45) is 0 Å². The monoisotopic (exact) mass is 490 g/mol. The minimum absolute atomic E-state index is 0.337. The van der Waals surface area contributed by atoms with E-state index in [2.05, 4.69) is 0 Å². The molecule has 0 radical (unpaired) electrons. The van der Waals surface area contributed by atoms with E-state index in [9.17, 15) is 14.7 Å². The summed E-state index contributed by atoms with van der Waals surface area (Å²) in [5, 5.41) is 13.7. The Hall–Kier alpha value is -3.88. The number of hydrazine groups is 1. The number of likely N-dealkylation sites (N-methyl/N-ethyl adjacent to an activating group) is 1. The number of ether oxygens (including phenoxy) is 3. The lowest BCUT2D eigenvalue weighted by atomic mass is 10.0. The number of carbonyl (C=O) groups excluding carboxylic acids is 2. The Morgan fingerprint density at radius 3 is 2.31 bits per heavy atom. The minimum Gasteiger partial charge on any atom is -0.497 e. The van der Waals surface area contributed by atoms with E-state index in [4.69, 9.17) is 14.2 Å². The molecule has 3 aromatic rings. The molecule has 1 saturated heterocycles. The topological polar surface area (TPSA) is 88.5 Å². The molecule has 0 aromatic heterocycles. The van der Waals surface area contributed by atoms with Crippen molar-refractivity contribution in [3.05, 3.63) is 95.6 Å². The summed E-state index contributed by atoms with van der Waals surface area (Å²) in [6.45, 7) is 3.75. The number of aliphatic hydroxyl groups is 1. The molecule has 0 unspecified atom stereocenters. The van der Waals surface area contributed by atoms with Gasteiger partial charge in [0, 0.05) is 7.05 Å². The largest absolute Gasteiger partial charge is 0.497 e. The lowest BCUT2D eigenvalue weighted by Gasteiger charge is -2.43. The molecular formula is C28H30N2O6. The molecule has 36 heavy (non-hydrogen) atoms. The third kappa shape index (κ3) is 5.19. The van der Waals surface area contributed by atoms with Crippen LogP contribution in [-0.2, 0) is 9.53 Å². The van der Waals surface area contributed by atoms with Gasteiger partial charge in [-0.3, -0.25) is 4.79 Å². The van der Waals surface area contributed by atoms with Crippen LogP contribution in [0.1, 0.15) is 35.8 Å². The lowest BCUT2D eigenvalue weighted by molar-refractivity contribution is -0.174. The molecule has 2 amide bonds. The molecule has 1 fully saturated rings. The van der Waals surface area contributed by atoms with Gasteiger partial charge in [-0.05, 0) is 49.2 Å². The van der Waals surface area contributed by atoms with E-state index >= 15 is 0 Å². The van der Waals surface area contributed by atoms with Crippen molar-refractivity contribution in [1.29, 1.82) is 0 Å².